The molecule has 0 saturated carbocycles. The molecule has 7 heteroatoms. The van der Waals surface area contributed by atoms with Gasteiger partial charge in [0.2, 0.25) is 0 Å². The molecule has 1 aliphatic rings. The first-order chi connectivity index (χ1) is 13.0. The number of ether oxygens (including phenoxy) is 2. The number of carbonyl (C=O) groups excluding carboxylic acids is 3. The summed E-state index contributed by atoms with van der Waals surface area (Å²) in [7, 11) is 0. The molecule has 140 valence electrons. The van der Waals surface area contributed by atoms with Crippen molar-refractivity contribution in [2.24, 2.45) is 0 Å². The molecule has 1 N–H and O–H groups in total. The minimum absolute atomic E-state index is 0.0488. The Morgan fingerprint density at radius 2 is 1.56 bits per heavy atom. The first-order valence-electron chi connectivity index (χ1n) is 8.43. The fraction of sp³-hybridized carbons (Fsp3) is 0.250. The van der Waals surface area contributed by atoms with E-state index in [2.05, 4.69) is 10.1 Å². The number of hydrogen-bond donors (Lipinski definition) is 1. The number of hydrogen-bond acceptors (Lipinski definition) is 6. The largest absolute Gasteiger partial charge is 0.548 e. The Balaban J connectivity index is 1.67. The van der Waals surface area contributed by atoms with Crippen LogP contribution in [0, 0.1) is 0 Å². The van der Waals surface area contributed by atoms with Crippen molar-refractivity contribution in [1.82, 2.24) is 5.32 Å². The van der Waals surface area contributed by atoms with Crippen molar-refractivity contribution in [2.75, 3.05) is 13.2 Å². The summed E-state index contributed by atoms with van der Waals surface area (Å²) in [6.07, 6.45) is -0.918. The number of benzene rings is 2. The molecular formula is C20H18NO6-. The van der Waals surface area contributed by atoms with Gasteiger partial charge in [-0.1, -0.05) is 48.5 Å². The van der Waals surface area contributed by atoms with Gasteiger partial charge < -0.3 is 24.7 Å². The Kier molecular flexibility index (Phi) is 5.40. The summed E-state index contributed by atoms with van der Waals surface area (Å²) in [5, 5.41) is 13.2. The number of alkyl carbamates (subject to hydrolysis) is 1. The number of fused-ring (bicyclic) bond motifs is 3. The number of esters is 1. The highest BCUT2D eigenvalue weighted by molar-refractivity contribution is 5.80. The summed E-state index contributed by atoms with van der Waals surface area (Å²) in [6.45, 7) is 0.661. The molecule has 3 rings (SSSR count). The van der Waals surface area contributed by atoms with Crippen LogP contribution in [-0.4, -0.2) is 37.3 Å². The van der Waals surface area contributed by atoms with E-state index in [1.54, 1.807) is 0 Å². The Labute approximate surface area is 155 Å². The van der Waals surface area contributed by atoms with Crippen LogP contribution < -0.4 is 10.4 Å². The Hall–Kier alpha value is -3.35. The molecule has 1 aliphatic carbocycles. The zero-order chi connectivity index (χ0) is 19.4. The average molecular weight is 368 g/mol. The molecule has 0 unspecified atom stereocenters. The molecule has 0 bridgehead atoms. The van der Waals surface area contributed by atoms with E-state index >= 15 is 0 Å². The van der Waals surface area contributed by atoms with E-state index in [4.69, 9.17) is 4.74 Å². The third-order valence-corrected chi connectivity index (χ3v) is 4.37. The molecule has 2 aromatic carbocycles. The zero-order valence-corrected chi connectivity index (χ0v) is 14.6. The molecule has 0 heterocycles. The molecule has 0 spiro atoms. The topological polar surface area (TPSA) is 105 Å². The van der Waals surface area contributed by atoms with E-state index in [1.807, 2.05) is 48.5 Å². The molecule has 0 saturated heterocycles. The van der Waals surface area contributed by atoms with Crippen molar-refractivity contribution in [3.63, 3.8) is 0 Å². The van der Waals surface area contributed by atoms with Gasteiger partial charge in [0.15, 0.2) is 0 Å². The quantitative estimate of drug-likeness (QED) is 0.769. The normalized spacial score (nSPS) is 13.2. The molecule has 1 atom stereocenters. The van der Waals surface area contributed by atoms with Crippen LogP contribution in [0.25, 0.3) is 11.1 Å². The average Bonchev–Trinajstić information content (AvgIpc) is 2.97. The molecular weight excluding hydrogens is 350 g/mol. The van der Waals surface area contributed by atoms with Gasteiger partial charge in [0.05, 0.1) is 5.97 Å². The van der Waals surface area contributed by atoms with Crippen LogP contribution in [0.5, 0.6) is 0 Å². The maximum absolute atomic E-state index is 12.0. The molecule has 27 heavy (non-hydrogen) atoms. The Morgan fingerprint density at radius 1 is 1.00 bits per heavy atom. The minimum atomic E-state index is -1.57. The first-order valence-corrected chi connectivity index (χ1v) is 8.43. The number of carbonyl (C=O) groups is 3. The van der Waals surface area contributed by atoms with Crippen molar-refractivity contribution in [2.45, 2.75) is 18.9 Å². The summed E-state index contributed by atoms with van der Waals surface area (Å²) in [4.78, 5) is 33.9. The minimum Gasteiger partial charge on any atom is -0.548 e. The summed E-state index contributed by atoms with van der Waals surface area (Å²) in [6, 6.07) is 14.2. The lowest BCUT2D eigenvalue weighted by atomic mass is 9.98. The number of rotatable bonds is 6. The molecule has 0 aliphatic heterocycles. The van der Waals surface area contributed by atoms with Crippen molar-refractivity contribution in [1.29, 1.82) is 0 Å². The predicted molar refractivity (Wildman–Crippen MR) is 93.6 cm³/mol. The van der Waals surface area contributed by atoms with Gasteiger partial charge in [-0.25, -0.2) is 4.79 Å². The molecule has 0 fully saturated rings. The number of aliphatic carboxylic acids is 1. The highest BCUT2D eigenvalue weighted by Crippen LogP contribution is 2.44. The van der Waals surface area contributed by atoms with Gasteiger partial charge in [0.25, 0.3) is 0 Å². The van der Waals surface area contributed by atoms with Crippen LogP contribution in [0.3, 0.4) is 0 Å². The van der Waals surface area contributed by atoms with Crippen LogP contribution in [-0.2, 0) is 19.1 Å². The van der Waals surface area contributed by atoms with Crippen LogP contribution in [0.4, 0.5) is 4.79 Å². The highest BCUT2D eigenvalue weighted by Gasteiger charge is 2.29. The van der Waals surface area contributed by atoms with Gasteiger partial charge in [-0.2, -0.15) is 0 Å². The van der Waals surface area contributed by atoms with E-state index in [-0.39, 0.29) is 12.5 Å². The lowest BCUT2D eigenvalue weighted by molar-refractivity contribution is -0.308. The monoisotopic (exact) mass is 368 g/mol. The summed E-state index contributed by atoms with van der Waals surface area (Å²) < 4.78 is 9.85. The molecule has 2 aromatic rings. The Bertz CT molecular complexity index is 833. The Morgan fingerprint density at radius 3 is 2.07 bits per heavy atom. The predicted octanol–water partition coefficient (Wildman–Crippen LogP) is 1.21. The maximum Gasteiger partial charge on any atom is 0.407 e. The third kappa shape index (κ3) is 4.08. The van der Waals surface area contributed by atoms with Crippen LogP contribution in [0.2, 0.25) is 0 Å². The molecule has 0 radical (unpaired) electrons. The number of carboxylic acids is 1. The number of carboxylic acid groups (broad SMARTS) is 1. The molecule has 7 nitrogen and oxygen atoms in total. The summed E-state index contributed by atoms with van der Waals surface area (Å²) in [5.74, 6) is -2.36. The SMILES string of the molecule is CC(=O)OC[C@H](NC(=O)OCC1c2ccccc2-c2ccccc21)C(=O)[O-]. The van der Waals surface area contributed by atoms with Crippen molar-refractivity contribution < 1.29 is 29.0 Å². The van der Waals surface area contributed by atoms with Gasteiger partial charge >= 0.3 is 12.1 Å². The van der Waals surface area contributed by atoms with Crippen molar-refractivity contribution >= 4 is 18.0 Å². The standard InChI is InChI=1S/C20H19NO6/c1-12(22)26-11-18(19(23)24)21-20(25)27-10-17-15-8-4-2-6-13(15)14-7-3-5-9-16(14)17/h2-9,17-18H,10-11H2,1H3,(H,21,25)(H,23,24)/p-1/t18-/m0/s1. The van der Waals surface area contributed by atoms with Gasteiger partial charge in [-0.15, -0.1) is 0 Å². The van der Waals surface area contributed by atoms with Gasteiger partial charge in [-0.3, -0.25) is 4.79 Å². The molecule has 1 amide bonds. The molecule has 0 aromatic heterocycles. The fourth-order valence-corrected chi connectivity index (χ4v) is 3.15. The smallest absolute Gasteiger partial charge is 0.407 e. The van der Waals surface area contributed by atoms with Crippen molar-refractivity contribution in [3.05, 3.63) is 59.7 Å². The first kappa shape index (κ1) is 18.4. The van der Waals surface area contributed by atoms with E-state index in [9.17, 15) is 19.5 Å². The van der Waals surface area contributed by atoms with Crippen molar-refractivity contribution in [3.8, 4) is 11.1 Å². The van der Waals surface area contributed by atoms with Crippen LogP contribution >= 0.6 is 0 Å². The lowest BCUT2D eigenvalue weighted by Gasteiger charge is -2.20. The van der Waals surface area contributed by atoms with E-state index in [1.165, 1.54) is 0 Å². The lowest BCUT2D eigenvalue weighted by Crippen LogP contribution is -2.51. The van der Waals surface area contributed by atoms with E-state index in [0.717, 1.165) is 29.2 Å². The zero-order valence-electron chi connectivity index (χ0n) is 14.6. The third-order valence-electron chi connectivity index (χ3n) is 4.37. The summed E-state index contributed by atoms with van der Waals surface area (Å²) >= 11 is 0. The maximum atomic E-state index is 12.0. The van der Waals surface area contributed by atoms with E-state index < -0.39 is 30.7 Å². The number of amides is 1. The fourth-order valence-electron chi connectivity index (χ4n) is 3.15. The second-order valence-electron chi connectivity index (χ2n) is 6.14. The number of nitrogens with one attached hydrogen (secondary N) is 1. The van der Waals surface area contributed by atoms with Crippen LogP contribution in [0.15, 0.2) is 48.5 Å². The second kappa shape index (κ2) is 7.90. The highest BCUT2D eigenvalue weighted by atomic mass is 16.6. The van der Waals surface area contributed by atoms with Crippen LogP contribution in [0.1, 0.15) is 24.0 Å². The summed E-state index contributed by atoms with van der Waals surface area (Å²) in [5.41, 5.74) is 4.26. The van der Waals surface area contributed by atoms with Gasteiger partial charge in [0, 0.05) is 12.8 Å². The van der Waals surface area contributed by atoms with Gasteiger partial charge in [0.1, 0.15) is 19.3 Å². The second-order valence-corrected chi connectivity index (χ2v) is 6.14. The van der Waals surface area contributed by atoms with E-state index in [0.29, 0.717) is 0 Å². The van der Waals surface area contributed by atoms with Gasteiger partial charge in [-0.05, 0) is 22.3 Å².